The van der Waals surface area contributed by atoms with Crippen molar-refractivity contribution in [2.45, 2.75) is 58.8 Å². The lowest BCUT2D eigenvalue weighted by atomic mass is 10.1. The molecule has 8 heteroatoms. The first-order valence-electron chi connectivity index (χ1n) is 11.6. The quantitative estimate of drug-likeness (QED) is 0.268. The van der Waals surface area contributed by atoms with Crippen molar-refractivity contribution < 1.29 is 4.74 Å². The second kappa shape index (κ2) is 14.5. The highest BCUT2D eigenvalue weighted by molar-refractivity contribution is 14.0. The molecule has 0 saturated carbocycles. The van der Waals surface area contributed by atoms with Crippen LogP contribution in [0, 0.1) is 0 Å². The van der Waals surface area contributed by atoms with E-state index >= 15 is 0 Å². The van der Waals surface area contributed by atoms with E-state index in [1.165, 1.54) is 5.56 Å². The van der Waals surface area contributed by atoms with Gasteiger partial charge in [-0.3, -0.25) is 0 Å². The maximum atomic E-state index is 5.69. The highest BCUT2D eigenvalue weighted by Crippen LogP contribution is 2.11. The van der Waals surface area contributed by atoms with E-state index in [1.807, 2.05) is 18.5 Å². The van der Waals surface area contributed by atoms with Gasteiger partial charge in [-0.05, 0) is 39.2 Å². The molecule has 1 fully saturated rings. The molecule has 2 aromatic rings. The molecule has 7 nitrogen and oxygen atoms in total. The monoisotopic (exact) mass is 554 g/mol. The predicted molar refractivity (Wildman–Crippen MR) is 142 cm³/mol. The minimum Gasteiger partial charge on any atom is -0.377 e. The van der Waals surface area contributed by atoms with Gasteiger partial charge in [-0.1, -0.05) is 30.3 Å². The number of imidazole rings is 1. The molecule has 1 saturated heterocycles. The molecule has 0 atom stereocenters. The van der Waals surface area contributed by atoms with Crippen molar-refractivity contribution in [3.8, 4) is 0 Å². The standard InChI is InChI=1S/C24H38N6O.HI/c1-4-25-24(28-22-10-13-29(14-11-22)16-17-31-20(2)3)27-18-23-26-12-15-30(23)19-21-8-6-5-7-9-21;/h5-9,12,15,20,22H,4,10-11,13-14,16-19H2,1-3H3,(H2,25,27,28);1H. The molecule has 3 rings (SSSR count). The number of likely N-dealkylation sites (tertiary alicyclic amines) is 1. The molecule has 1 aromatic carbocycles. The molecule has 2 heterocycles. The van der Waals surface area contributed by atoms with Crippen LogP contribution in [0.5, 0.6) is 0 Å². The predicted octanol–water partition coefficient (Wildman–Crippen LogP) is 3.49. The molecule has 0 unspecified atom stereocenters. The van der Waals surface area contributed by atoms with E-state index in [0.29, 0.717) is 18.7 Å². The van der Waals surface area contributed by atoms with E-state index in [0.717, 1.165) is 64.0 Å². The van der Waals surface area contributed by atoms with Crippen LogP contribution >= 0.6 is 24.0 Å². The van der Waals surface area contributed by atoms with Crippen LogP contribution in [0.2, 0.25) is 0 Å². The average molecular weight is 555 g/mol. The third-order valence-electron chi connectivity index (χ3n) is 5.51. The Labute approximate surface area is 210 Å². The van der Waals surface area contributed by atoms with Crippen LogP contribution in [0.25, 0.3) is 0 Å². The van der Waals surface area contributed by atoms with Crippen LogP contribution in [-0.2, 0) is 17.8 Å². The maximum Gasteiger partial charge on any atom is 0.191 e. The molecule has 1 aromatic heterocycles. The molecule has 178 valence electrons. The summed E-state index contributed by atoms with van der Waals surface area (Å²) in [6, 6.07) is 10.9. The van der Waals surface area contributed by atoms with Gasteiger partial charge in [0.15, 0.2) is 5.96 Å². The number of ether oxygens (including phenoxy) is 1. The zero-order valence-electron chi connectivity index (χ0n) is 19.7. The Balaban J connectivity index is 0.00000363. The van der Waals surface area contributed by atoms with Crippen molar-refractivity contribution in [2.75, 3.05) is 32.8 Å². The van der Waals surface area contributed by atoms with Crippen LogP contribution in [0.3, 0.4) is 0 Å². The summed E-state index contributed by atoms with van der Waals surface area (Å²) < 4.78 is 7.85. The Morgan fingerprint density at radius 1 is 1.22 bits per heavy atom. The Morgan fingerprint density at radius 2 is 1.97 bits per heavy atom. The lowest BCUT2D eigenvalue weighted by Crippen LogP contribution is -2.49. The number of aromatic nitrogens is 2. The topological polar surface area (TPSA) is 66.7 Å². The summed E-state index contributed by atoms with van der Waals surface area (Å²) in [5.41, 5.74) is 1.27. The molecule has 1 aliphatic heterocycles. The molecule has 0 bridgehead atoms. The summed E-state index contributed by atoms with van der Waals surface area (Å²) in [7, 11) is 0. The van der Waals surface area contributed by atoms with Gasteiger partial charge in [-0.2, -0.15) is 0 Å². The summed E-state index contributed by atoms with van der Waals surface area (Å²) in [4.78, 5) is 11.8. The number of piperidine rings is 1. The smallest absolute Gasteiger partial charge is 0.191 e. The van der Waals surface area contributed by atoms with Gasteiger partial charge in [0.1, 0.15) is 12.4 Å². The number of aliphatic imine (C=N–C) groups is 1. The highest BCUT2D eigenvalue weighted by atomic mass is 127. The molecule has 1 aliphatic rings. The molecule has 0 aliphatic carbocycles. The minimum absolute atomic E-state index is 0. The van der Waals surface area contributed by atoms with Gasteiger partial charge in [0, 0.05) is 51.2 Å². The lowest BCUT2D eigenvalue weighted by molar-refractivity contribution is 0.0532. The number of hydrogen-bond donors (Lipinski definition) is 2. The van der Waals surface area contributed by atoms with Crippen molar-refractivity contribution in [1.29, 1.82) is 0 Å². The first kappa shape index (κ1) is 26.6. The maximum absolute atomic E-state index is 5.69. The summed E-state index contributed by atoms with van der Waals surface area (Å²) in [6.45, 7) is 12.5. The van der Waals surface area contributed by atoms with Crippen molar-refractivity contribution in [3.63, 3.8) is 0 Å². The number of rotatable bonds is 10. The first-order chi connectivity index (χ1) is 15.1. The summed E-state index contributed by atoms with van der Waals surface area (Å²) in [5, 5.41) is 7.01. The van der Waals surface area contributed by atoms with Gasteiger partial charge in [0.25, 0.3) is 0 Å². The van der Waals surface area contributed by atoms with E-state index in [-0.39, 0.29) is 24.0 Å². The zero-order chi connectivity index (χ0) is 21.9. The largest absolute Gasteiger partial charge is 0.377 e. The molecular formula is C24H39IN6O. The number of halogens is 1. The lowest BCUT2D eigenvalue weighted by Gasteiger charge is -2.33. The molecule has 2 N–H and O–H groups in total. The fraction of sp³-hybridized carbons (Fsp3) is 0.583. The Hall–Kier alpha value is -1.65. The summed E-state index contributed by atoms with van der Waals surface area (Å²) in [5.74, 6) is 1.85. The molecule has 32 heavy (non-hydrogen) atoms. The van der Waals surface area contributed by atoms with Gasteiger partial charge < -0.3 is 24.8 Å². The van der Waals surface area contributed by atoms with Gasteiger partial charge in [-0.15, -0.1) is 24.0 Å². The van der Waals surface area contributed by atoms with Crippen LogP contribution in [0.4, 0.5) is 0 Å². The van der Waals surface area contributed by atoms with E-state index < -0.39 is 0 Å². The van der Waals surface area contributed by atoms with Crippen molar-refractivity contribution in [2.24, 2.45) is 4.99 Å². The number of hydrogen-bond acceptors (Lipinski definition) is 4. The van der Waals surface area contributed by atoms with E-state index in [4.69, 9.17) is 9.73 Å². The fourth-order valence-corrected chi connectivity index (χ4v) is 3.80. The van der Waals surface area contributed by atoms with Crippen LogP contribution < -0.4 is 10.6 Å². The van der Waals surface area contributed by atoms with Gasteiger partial charge in [0.05, 0.1) is 12.7 Å². The Kier molecular flexibility index (Phi) is 12.0. The van der Waals surface area contributed by atoms with Crippen molar-refractivity contribution in [1.82, 2.24) is 25.1 Å². The van der Waals surface area contributed by atoms with Crippen LogP contribution in [0.1, 0.15) is 45.0 Å². The average Bonchev–Trinajstić information content (AvgIpc) is 3.21. The second-order valence-corrected chi connectivity index (χ2v) is 8.33. The minimum atomic E-state index is 0. The van der Waals surface area contributed by atoms with Crippen molar-refractivity contribution in [3.05, 3.63) is 54.1 Å². The molecule has 0 spiro atoms. The third kappa shape index (κ3) is 9.07. The Bertz CT molecular complexity index is 787. The highest BCUT2D eigenvalue weighted by Gasteiger charge is 2.20. The van der Waals surface area contributed by atoms with E-state index in [9.17, 15) is 0 Å². The summed E-state index contributed by atoms with van der Waals surface area (Å²) in [6.07, 6.45) is 6.43. The van der Waals surface area contributed by atoms with Crippen LogP contribution in [-0.4, -0.2) is 65.3 Å². The molecule has 0 amide bonds. The summed E-state index contributed by atoms with van der Waals surface area (Å²) >= 11 is 0. The fourth-order valence-electron chi connectivity index (χ4n) is 3.80. The van der Waals surface area contributed by atoms with Gasteiger partial charge in [0.2, 0.25) is 0 Å². The number of nitrogens with zero attached hydrogens (tertiary/aromatic N) is 4. The zero-order valence-corrected chi connectivity index (χ0v) is 22.0. The van der Waals surface area contributed by atoms with E-state index in [2.05, 4.69) is 70.1 Å². The SMILES string of the molecule is CCNC(=NCc1nccn1Cc1ccccc1)NC1CCN(CCOC(C)C)CC1.I. The number of guanidine groups is 1. The molecular weight excluding hydrogens is 515 g/mol. The molecule has 0 radical (unpaired) electrons. The Morgan fingerprint density at radius 3 is 2.66 bits per heavy atom. The first-order valence-corrected chi connectivity index (χ1v) is 11.6. The van der Waals surface area contributed by atoms with Crippen LogP contribution in [0.15, 0.2) is 47.7 Å². The number of nitrogens with one attached hydrogen (secondary N) is 2. The normalized spacial score (nSPS) is 15.6. The third-order valence-corrected chi connectivity index (χ3v) is 5.51. The van der Waals surface area contributed by atoms with Gasteiger partial charge >= 0.3 is 0 Å². The van der Waals surface area contributed by atoms with Crippen molar-refractivity contribution >= 4 is 29.9 Å². The number of benzene rings is 1. The second-order valence-electron chi connectivity index (χ2n) is 8.33. The van der Waals surface area contributed by atoms with E-state index in [1.54, 1.807) is 0 Å². The van der Waals surface area contributed by atoms with Gasteiger partial charge in [-0.25, -0.2) is 9.98 Å².